The zero-order valence-electron chi connectivity index (χ0n) is 18.8. The summed E-state index contributed by atoms with van der Waals surface area (Å²) in [5.74, 6) is 0.188. The third-order valence-corrected chi connectivity index (χ3v) is 6.22. The van der Waals surface area contributed by atoms with E-state index in [-0.39, 0.29) is 12.4 Å². The van der Waals surface area contributed by atoms with Crippen LogP contribution in [0.4, 0.5) is 26.7 Å². The average molecular weight is 532 g/mol. The summed E-state index contributed by atoms with van der Waals surface area (Å²) in [6.45, 7) is 1.85. The molecule has 4 rings (SSSR count). The fraction of sp³-hybridized carbons (Fsp3) is 0.160. The van der Waals surface area contributed by atoms with E-state index >= 15 is 0 Å². The summed E-state index contributed by atoms with van der Waals surface area (Å²) in [4.78, 5) is 34.1. The first-order valence-electron chi connectivity index (χ1n) is 10.5. The summed E-state index contributed by atoms with van der Waals surface area (Å²) < 4.78 is 5.50. The van der Waals surface area contributed by atoms with Crippen LogP contribution in [0.1, 0.15) is 6.92 Å². The van der Waals surface area contributed by atoms with Crippen molar-refractivity contribution in [2.45, 2.75) is 12.5 Å². The number of carbonyl (C=O) groups is 2. The van der Waals surface area contributed by atoms with Crippen molar-refractivity contribution in [3.63, 3.8) is 0 Å². The summed E-state index contributed by atoms with van der Waals surface area (Å²) >= 11 is 18.1. The molecule has 0 aliphatic carbocycles. The molecular formula is C25H21Cl3N4O3. The number of anilines is 3. The minimum atomic E-state index is -1.13. The van der Waals surface area contributed by atoms with Crippen molar-refractivity contribution in [3.05, 3.63) is 87.9 Å². The second kappa shape index (κ2) is 10.3. The lowest BCUT2D eigenvalue weighted by atomic mass is 10.00. The van der Waals surface area contributed by atoms with Gasteiger partial charge in [0.05, 0.1) is 12.3 Å². The number of hydrogen-bond donors (Lipinski definition) is 1. The minimum Gasteiger partial charge on any atom is -0.382 e. The number of carbonyl (C=O) groups excluding carboxylic acids is 2. The SMILES string of the molecule is COCC1(C)C(=NC(=O)Nc2ccc(Cl)cc2)N(c2ccc(Cl)cc2)C(=O)N1c1ccc(Cl)cc1. The molecule has 1 heterocycles. The number of hydrogen-bond acceptors (Lipinski definition) is 3. The Morgan fingerprint density at radius 2 is 1.37 bits per heavy atom. The van der Waals surface area contributed by atoms with Gasteiger partial charge in [-0.15, -0.1) is 0 Å². The lowest BCUT2D eigenvalue weighted by molar-refractivity contribution is 0.167. The number of nitrogens with one attached hydrogen (secondary N) is 1. The molecule has 7 nitrogen and oxygen atoms in total. The second-order valence-electron chi connectivity index (χ2n) is 7.99. The number of ether oxygens (including phenoxy) is 1. The van der Waals surface area contributed by atoms with Crippen LogP contribution in [0.3, 0.4) is 0 Å². The molecule has 1 saturated heterocycles. The lowest BCUT2D eigenvalue weighted by Crippen LogP contribution is -2.51. The Morgan fingerprint density at radius 3 is 1.89 bits per heavy atom. The van der Waals surface area contributed by atoms with Gasteiger partial charge in [0, 0.05) is 33.6 Å². The Hall–Kier alpha value is -3.10. The van der Waals surface area contributed by atoms with Gasteiger partial charge >= 0.3 is 12.1 Å². The molecule has 1 unspecified atom stereocenters. The highest BCUT2D eigenvalue weighted by atomic mass is 35.5. The zero-order chi connectivity index (χ0) is 25.2. The van der Waals surface area contributed by atoms with Gasteiger partial charge in [-0.25, -0.2) is 14.5 Å². The summed E-state index contributed by atoms with van der Waals surface area (Å²) in [5, 5.41) is 4.29. The van der Waals surface area contributed by atoms with Crippen LogP contribution in [0, 0.1) is 0 Å². The molecule has 3 aromatic rings. The highest BCUT2D eigenvalue weighted by molar-refractivity contribution is 6.35. The maximum absolute atomic E-state index is 13.9. The molecule has 1 fully saturated rings. The molecule has 0 bridgehead atoms. The van der Waals surface area contributed by atoms with Crippen LogP contribution in [0.15, 0.2) is 77.8 Å². The Balaban J connectivity index is 1.83. The molecule has 0 aromatic heterocycles. The Morgan fingerprint density at radius 1 is 0.886 bits per heavy atom. The van der Waals surface area contributed by atoms with E-state index in [0.29, 0.717) is 32.1 Å². The predicted octanol–water partition coefficient (Wildman–Crippen LogP) is 7.13. The van der Waals surface area contributed by atoms with E-state index < -0.39 is 17.6 Å². The van der Waals surface area contributed by atoms with Crippen LogP contribution in [0.2, 0.25) is 15.1 Å². The van der Waals surface area contributed by atoms with Crippen LogP contribution in [-0.2, 0) is 4.74 Å². The van der Waals surface area contributed by atoms with Gasteiger partial charge in [0.1, 0.15) is 5.54 Å². The quantitative estimate of drug-likeness (QED) is 0.380. The smallest absolute Gasteiger partial charge is 0.347 e. The zero-order valence-corrected chi connectivity index (χ0v) is 21.1. The van der Waals surface area contributed by atoms with Crippen molar-refractivity contribution in [3.8, 4) is 0 Å². The molecule has 3 aromatic carbocycles. The molecule has 1 N–H and O–H groups in total. The number of amides is 4. The predicted molar refractivity (Wildman–Crippen MR) is 141 cm³/mol. The van der Waals surface area contributed by atoms with Crippen molar-refractivity contribution >= 4 is 69.8 Å². The van der Waals surface area contributed by atoms with E-state index in [2.05, 4.69) is 10.3 Å². The molecule has 35 heavy (non-hydrogen) atoms. The topological polar surface area (TPSA) is 74.2 Å². The molecule has 180 valence electrons. The van der Waals surface area contributed by atoms with E-state index in [1.165, 1.54) is 16.9 Å². The van der Waals surface area contributed by atoms with E-state index in [4.69, 9.17) is 39.5 Å². The number of aliphatic imine (C=N–C) groups is 1. The number of rotatable bonds is 5. The van der Waals surface area contributed by atoms with Gasteiger partial charge in [-0.05, 0) is 79.7 Å². The monoisotopic (exact) mass is 530 g/mol. The minimum absolute atomic E-state index is 0.0680. The first kappa shape index (κ1) is 25.0. The van der Waals surface area contributed by atoms with Gasteiger partial charge in [-0.3, -0.25) is 4.90 Å². The Bertz CT molecular complexity index is 1260. The second-order valence-corrected chi connectivity index (χ2v) is 9.29. The molecule has 1 aliphatic heterocycles. The third-order valence-electron chi connectivity index (χ3n) is 5.47. The van der Waals surface area contributed by atoms with Gasteiger partial charge in [-0.1, -0.05) is 34.8 Å². The van der Waals surface area contributed by atoms with Crippen LogP contribution in [0.25, 0.3) is 0 Å². The van der Waals surface area contributed by atoms with Crippen LogP contribution in [-0.4, -0.2) is 37.2 Å². The standard InChI is InChI=1S/C25H21Cl3N4O3/c1-25(15-35-2)22(30-23(33)29-19-9-3-16(26)4-10-19)31(20-11-5-17(27)6-12-20)24(34)32(25)21-13-7-18(28)8-14-21/h3-14H,15H2,1-2H3,(H,29,33). The van der Waals surface area contributed by atoms with Crippen molar-refractivity contribution < 1.29 is 14.3 Å². The molecule has 0 spiro atoms. The maximum atomic E-state index is 13.9. The van der Waals surface area contributed by atoms with E-state index in [1.54, 1.807) is 79.7 Å². The van der Waals surface area contributed by atoms with Crippen molar-refractivity contribution in [1.29, 1.82) is 0 Å². The Labute approximate surface area is 217 Å². The van der Waals surface area contributed by atoms with E-state index in [9.17, 15) is 9.59 Å². The van der Waals surface area contributed by atoms with E-state index in [0.717, 1.165) is 0 Å². The van der Waals surface area contributed by atoms with Crippen LogP contribution in [0.5, 0.6) is 0 Å². The van der Waals surface area contributed by atoms with Gasteiger partial charge in [0.15, 0.2) is 5.84 Å². The molecular weight excluding hydrogens is 511 g/mol. The molecule has 0 radical (unpaired) electrons. The first-order chi connectivity index (χ1) is 16.7. The Kier molecular flexibility index (Phi) is 7.33. The van der Waals surface area contributed by atoms with Crippen molar-refractivity contribution in [2.24, 2.45) is 4.99 Å². The van der Waals surface area contributed by atoms with Crippen LogP contribution >= 0.6 is 34.8 Å². The number of benzene rings is 3. The van der Waals surface area contributed by atoms with Gasteiger partial charge in [-0.2, -0.15) is 4.99 Å². The van der Waals surface area contributed by atoms with E-state index in [1.807, 2.05) is 0 Å². The lowest BCUT2D eigenvalue weighted by Gasteiger charge is -2.32. The molecule has 10 heteroatoms. The average Bonchev–Trinajstić information content (AvgIpc) is 3.03. The fourth-order valence-electron chi connectivity index (χ4n) is 3.91. The van der Waals surface area contributed by atoms with Crippen molar-refractivity contribution in [1.82, 2.24) is 0 Å². The largest absolute Gasteiger partial charge is 0.382 e. The first-order valence-corrected chi connectivity index (χ1v) is 11.7. The fourth-order valence-corrected chi connectivity index (χ4v) is 4.29. The third kappa shape index (κ3) is 5.13. The summed E-state index contributed by atoms with van der Waals surface area (Å²) in [6, 6.07) is 19.1. The van der Waals surface area contributed by atoms with Gasteiger partial charge in [0.2, 0.25) is 0 Å². The molecule has 4 amide bonds. The summed E-state index contributed by atoms with van der Waals surface area (Å²) in [7, 11) is 1.52. The number of nitrogens with zero attached hydrogens (tertiary/aromatic N) is 3. The normalized spacial score (nSPS) is 18.9. The van der Waals surface area contributed by atoms with Crippen molar-refractivity contribution in [2.75, 3.05) is 28.8 Å². The number of methoxy groups -OCH3 is 1. The summed E-state index contributed by atoms with van der Waals surface area (Å²) in [6.07, 6.45) is 0. The summed E-state index contributed by atoms with van der Waals surface area (Å²) in [5.41, 5.74) is 0.447. The molecule has 1 atom stereocenters. The highest BCUT2D eigenvalue weighted by Crippen LogP contribution is 2.38. The highest BCUT2D eigenvalue weighted by Gasteiger charge is 2.54. The number of urea groups is 2. The number of amidine groups is 1. The van der Waals surface area contributed by atoms with Crippen LogP contribution < -0.4 is 15.1 Å². The molecule has 0 saturated carbocycles. The molecule has 1 aliphatic rings. The maximum Gasteiger partial charge on any atom is 0.347 e. The number of halogens is 3. The van der Waals surface area contributed by atoms with Gasteiger partial charge in [0.25, 0.3) is 0 Å². The van der Waals surface area contributed by atoms with Gasteiger partial charge < -0.3 is 10.1 Å².